The van der Waals surface area contributed by atoms with Gasteiger partial charge in [-0.2, -0.15) is 10.4 Å². The molecule has 0 spiro atoms. The van der Waals surface area contributed by atoms with Crippen LogP contribution in [0, 0.1) is 11.3 Å². The summed E-state index contributed by atoms with van der Waals surface area (Å²) in [5.74, 6) is 0. The SMILES string of the molecule is CC(C)n1cc2c(n1)[C@H](NCc1ccc(C#N)cc1)CCC2. The van der Waals surface area contributed by atoms with E-state index in [1.807, 2.05) is 24.3 Å². The average Bonchev–Trinajstić information content (AvgIpc) is 2.98. The minimum atomic E-state index is 0.333. The van der Waals surface area contributed by atoms with E-state index < -0.39 is 0 Å². The van der Waals surface area contributed by atoms with Gasteiger partial charge < -0.3 is 5.32 Å². The van der Waals surface area contributed by atoms with E-state index in [0.717, 1.165) is 19.4 Å². The van der Waals surface area contributed by atoms with Crippen molar-refractivity contribution in [2.24, 2.45) is 0 Å². The van der Waals surface area contributed by atoms with Crippen LogP contribution in [0.4, 0.5) is 0 Å². The van der Waals surface area contributed by atoms with Crippen molar-refractivity contribution in [2.45, 2.75) is 51.7 Å². The van der Waals surface area contributed by atoms with E-state index in [9.17, 15) is 0 Å². The number of nitriles is 1. The summed E-state index contributed by atoms with van der Waals surface area (Å²) >= 11 is 0. The largest absolute Gasteiger partial charge is 0.304 e. The van der Waals surface area contributed by atoms with Gasteiger partial charge in [0.15, 0.2) is 0 Å². The average molecular weight is 294 g/mol. The fourth-order valence-electron chi connectivity index (χ4n) is 2.96. The molecule has 0 fully saturated rings. The van der Waals surface area contributed by atoms with Crippen LogP contribution >= 0.6 is 0 Å². The van der Waals surface area contributed by atoms with Crippen LogP contribution in [-0.4, -0.2) is 9.78 Å². The summed E-state index contributed by atoms with van der Waals surface area (Å²) in [4.78, 5) is 0. The van der Waals surface area contributed by atoms with Crippen molar-refractivity contribution in [3.8, 4) is 6.07 Å². The second-order valence-corrected chi connectivity index (χ2v) is 6.25. The van der Waals surface area contributed by atoms with Crippen molar-refractivity contribution in [1.29, 1.82) is 5.26 Å². The zero-order valence-electron chi connectivity index (χ0n) is 13.2. The maximum absolute atomic E-state index is 8.84. The quantitative estimate of drug-likeness (QED) is 0.939. The molecular formula is C18H22N4. The van der Waals surface area contributed by atoms with Crippen LogP contribution in [-0.2, 0) is 13.0 Å². The summed E-state index contributed by atoms with van der Waals surface area (Å²) in [5, 5.41) is 17.2. The maximum atomic E-state index is 8.84. The first kappa shape index (κ1) is 14.8. The molecule has 0 aliphatic heterocycles. The fraction of sp³-hybridized carbons (Fsp3) is 0.444. The molecular weight excluding hydrogens is 272 g/mol. The number of aryl methyl sites for hydroxylation is 1. The summed E-state index contributed by atoms with van der Waals surface area (Å²) in [7, 11) is 0. The van der Waals surface area contributed by atoms with Gasteiger partial charge in [-0.25, -0.2) is 0 Å². The van der Waals surface area contributed by atoms with Crippen LogP contribution in [0.25, 0.3) is 0 Å². The smallest absolute Gasteiger partial charge is 0.0991 e. The molecule has 1 atom stereocenters. The summed E-state index contributed by atoms with van der Waals surface area (Å²) in [6.07, 6.45) is 5.69. The van der Waals surface area contributed by atoms with Gasteiger partial charge in [0, 0.05) is 18.8 Å². The van der Waals surface area contributed by atoms with Crippen LogP contribution in [0.3, 0.4) is 0 Å². The molecule has 0 saturated heterocycles. The Labute approximate surface area is 131 Å². The molecule has 22 heavy (non-hydrogen) atoms. The zero-order chi connectivity index (χ0) is 15.5. The standard InChI is InChI=1S/C18H22N4/c1-13(2)22-12-16-4-3-5-17(18(16)21-22)20-11-15-8-6-14(10-19)7-9-15/h6-9,12-13,17,20H,3-5,11H2,1-2H3/t17-/m1/s1. The number of hydrogen-bond acceptors (Lipinski definition) is 3. The highest BCUT2D eigenvalue weighted by Gasteiger charge is 2.23. The van der Waals surface area contributed by atoms with Gasteiger partial charge in [0.2, 0.25) is 0 Å². The molecule has 114 valence electrons. The highest BCUT2D eigenvalue weighted by Crippen LogP contribution is 2.29. The van der Waals surface area contributed by atoms with Gasteiger partial charge in [-0.15, -0.1) is 0 Å². The van der Waals surface area contributed by atoms with Gasteiger partial charge in [-0.1, -0.05) is 12.1 Å². The first-order valence-corrected chi connectivity index (χ1v) is 7.97. The molecule has 1 heterocycles. The Kier molecular flexibility index (Phi) is 4.26. The number of benzene rings is 1. The molecule has 0 radical (unpaired) electrons. The van der Waals surface area contributed by atoms with Crippen molar-refractivity contribution in [2.75, 3.05) is 0 Å². The molecule has 4 nitrogen and oxygen atoms in total. The highest BCUT2D eigenvalue weighted by atomic mass is 15.3. The molecule has 1 aromatic carbocycles. The van der Waals surface area contributed by atoms with Crippen LogP contribution in [0.5, 0.6) is 0 Å². The topological polar surface area (TPSA) is 53.6 Å². The first-order valence-electron chi connectivity index (χ1n) is 7.97. The first-order chi connectivity index (χ1) is 10.7. The Morgan fingerprint density at radius 1 is 1.36 bits per heavy atom. The lowest BCUT2D eigenvalue weighted by molar-refractivity contribution is 0.439. The van der Waals surface area contributed by atoms with E-state index in [1.54, 1.807) is 0 Å². The van der Waals surface area contributed by atoms with E-state index in [-0.39, 0.29) is 0 Å². The molecule has 0 unspecified atom stereocenters. The van der Waals surface area contributed by atoms with E-state index in [4.69, 9.17) is 10.4 Å². The predicted octanol–water partition coefficient (Wildman–Crippen LogP) is 3.50. The minimum absolute atomic E-state index is 0.333. The van der Waals surface area contributed by atoms with Gasteiger partial charge in [0.05, 0.1) is 23.4 Å². The van der Waals surface area contributed by atoms with E-state index in [2.05, 4.69) is 36.1 Å². The monoisotopic (exact) mass is 294 g/mol. The number of nitrogens with one attached hydrogen (secondary N) is 1. The second kappa shape index (κ2) is 6.33. The summed E-state index contributed by atoms with van der Waals surface area (Å²) < 4.78 is 2.08. The molecule has 0 bridgehead atoms. The fourth-order valence-corrected chi connectivity index (χ4v) is 2.96. The third-order valence-corrected chi connectivity index (χ3v) is 4.27. The van der Waals surface area contributed by atoms with Crippen molar-refractivity contribution in [1.82, 2.24) is 15.1 Å². The summed E-state index contributed by atoms with van der Waals surface area (Å²) in [6, 6.07) is 10.7. The number of rotatable bonds is 4. The van der Waals surface area contributed by atoms with Crippen LogP contribution in [0.15, 0.2) is 30.5 Å². The number of hydrogen-bond donors (Lipinski definition) is 1. The molecule has 1 aliphatic carbocycles. The molecule has 2 aromatic rings. The minimum Gasteiger partial charge on any atom is -0.304 e. The predicted molar refractivity (Wildman–Crippen MR) is 86.3 cm³/mol. The van der Waals surface area contributed by atoms with Gasteiger partial charge >= 0.3 is 0 Å². The molecule has 1 N–H and O–H groups in total. The third-order valence-electron chi connectivity index (χ3n) is 4.27. The van der Waals surface area contributed by atoms with Crippen molar-refractivity contribution in [3.63, 3.8) is 0 Å². The van der Waals surface area contributed by atoms with E-state index in [1.165, 1.54) is 23.2 Å². The second-order valence-electron chi connectivity index (χ2n) is 6.25. The summed E-state index contributed by atoms with van der Waals surface area (Å²) in [6.45, 7) is 5.14. The van der Waals surface area contributed by atoms with Gasteiger partial charge in [0.1, 0.15) is 0 Å². The molecule has 1 aromatic heterocycles. The Hall–Kier alpha value is -2.12. The normalized spacial score (nSPS) is 17.3. The molecule has 1 aliphatic rings. The van der Waals surface area contributed by atoms with Gasteiger partial charge in [-0.3, -0.25) is 4.68 Å². The summed E-state index contributed by atoms with van der Waals surface area (Å²) in [5.41, 5.74) is 4.51. The van der Waals surface area contributed by atoms with Crippen molar-refractivity contribution in [3.05, 3.63) is 52.8 Å². The van der Waals surface area contributed by atoms with Crippen LogP contribution in [0.2, 0.25) is 0 Å². The number of aromatic nitrogens is 2. The van der Waals surface area contributed by atoms with Crippen molar-refractivity contribution < 1.29 is 0 Å². The van der Waals surface area contributed by atoms with Crippen LogP contribution in [0.1, 0.15) is 61.2 Å². The molecule has 0 amide bonds. The van der Waals surface area contributed by atoms with Gasteiger partial charge in [0.25, 0.3) is 0 Å². The Morgan fingerprint density at radius 2 is 2.14 bits per heavy atom. The third kappa shape index (κ3) is 3.05. The molecule has 0 saturated carbocycles. The molecule has 3 rings (SSSR count). The van der Waals surface area contributed by atoms with Crippen molar-refractivity contribution >= 4 is 0 Å². The Balaban J connectivity index is 1.70. The maximum Gasteiger partial charge on any atom is 0.0991 e. The Bertz CT molecular complexity index is 676. The van der Waals surface area contributed by atoms with Crippen LogP contribution < -0.4 is 5.32 Å². The highest BCUT2D eigenvalue weighted by molar-refractivity contribution is 5.31. The number of fused-ring (bicyclic) bond motifs is 1. The number of nitrogens with zero attached hydrogens (tertiary/aromatic N) is 3. The van der Waals surface area contributed by atoms with E-state index >= 15 is 0 Å². The van der Waals surface area contributed by atoms with E-state index in [0.29, 0.717) is 17.6 Å². The molecule has 4 heteroatoms. The van der Waals surface area contributed by atoms with Gasteiger partial charge in [-0.05, 0) is 56.4 Å². The lowest BCUT2D eigenvalue weighted by atomic mass is 9.93. The lowest BCUT2D eigenvalue weighted by Gasteiger charge is -2.22. The zero-order valence-corrected chi connectivity index (χ0v) is 13.2. The lowest BCUT2D eigenvalue weighted by Crippen LogP contribution is -2.25. The Morgan fingerprint density at radius 3 is 2.82 bits per heavy atom.